The van der Waals surface area contributed by atoms with Gasteiger partial charge in [-0.05, 0) is 24.1 Å². The summed E-state index contributed by atoms with van der Waals surface area (Å²) in [4.78, 5) is 26.7. The van der Waals surface area contributed by atoms with Crippen LogP contribution in [0.3, 0.4) is 0 Å². The molecule has 28 heavy (non-hydrogen) atoms. The Hall–Kier alpha value is -2.80. The van der Waals surface area contributed by atoms with E-state index in [4.69, 9.17) is 0 Å². The number of nitrogens with one attached hydrogen (secondary N) is 2. The Balaban J connectivity index is 1.63. The van der Waals surface area contributed by atoms with Crippen LogP contribution < -0.4 is 10.6 Å². The van der Waals surface area contributed by atoms with E-state index in [2.05, 4.69) is 10.6 Å². The summed E-state index contributed by atoms with van der Waals surface area (Å²) >= 11 is 0. The van der Waals surface area contributed by atoms with Gasteiger partial charge in [-0.2, -0.15) is 0 Å². The molecule has 1 fully saturated rings. The molecule has 7 heteroatoms. The van der Waals surface area contributed by atoms with Crippen LogP contribution in [0.4, 0.5) is 8.78 Å². The number of halogens is 2. The number of hydrogen-bond donors (Lipinski definition) is 2. The first-order chi connectivity index (χ1) is 13.4. The molecular formula is C21H23F2N3O2. The molecule has 3 rings (SSSR count). The summed E-state index contributed by atoms with van der Waals surface area (Å²) in [5, 5.41) is 5.41. The van der Waals surface area contributed by atoms with Crippen molar-refractivity contribution in [2.45, 2.75) is 32.5 Å². The molecule has 1 saturated heterocycles. The number of piperazine rings is 1. The van der Waals surface area contributed by atoms with Gasteiger partial charge in [0.2, 0.25) is 11.8 Å². The fraction of sp³-hybridized carbons (Fsp3) is 0.333. The predicted molar refractivity (Wildman–Crippen MR) is 101 cm³/mol. The van der Waals surface area contributed by atoms with Crippen LogP contribution in [0.1, 0.15) is 23.1 Å². The maximum Gasteiger partial charge on any atom is 0.237 e. The average molecular weight is 387 g/mol. The van der Waals surface area contributed by atoms with Gasteiger partial charge in [0.25, 0.3) is 0 Å². The summed E-state index contributed by atoms with van der Waals surface area (Å²) in [5.74, 6) is -1.93. The molecule has 1 aliphatic heterocycles. The molecule has 1 aliphatic rings. The Kier molecular flexibility index (Phi) is 6.36. The zero-order chi connectivity index (χ0) is 20.1. The maximum absolute atomic E-state index is 13.7. The predicted octanol–water partition coefficient (Wildman–Crippen LogP) is 2.28. The molecule has 0 unspecified atom stereocenters. The normalized spacial score (nSPS) is 17.2. The van der Waals surface area contributed by atoms with Crippen LogP contribution in [-0.2, 0) is 22.7 Å². The zero-order valence-electron chi connectivity index (χ0n) is 15.7. The van der Waals surface area contributed by atoms with E-state index in [9.17, 15) is 18.4 Å². The summed E-state index contributed by atoms with van der Waals surface area (Å²) < 4.78 is 26.7. The lowest BCUT2D eigenvalue weighted by Crippen LogP contribution is -2.56. The van der Waals surface area contributed by atoms with E-state index in [-0.39, 0.29) is 30.3 Å². The first-order valence-corrected chi connectivity index (χ1v) is 9.21. The molecule has 0 saturated carbocycles. The second kappa shape index (κ2) is 8.93. The highest BCUT2D eigenvalue weighted by Crippen LogP contribution is 2.17. The number of amides is 2. The number of rotatable bonds is 6. The Bertz CT molecular complexity index is 872. The van der Waals surface area contributed by atoms with Crippen LogP contribution in [0.15, 0.2) is 42.5 Å². The summed E-state index contributed by atoms with van der Waals surface area (Å²) in [6.45, 7) is 3.70. The van der Waals surface area contributed by atoms with Crippen molar-refractivity contribution in [2.75, 3.05) is 13.1 Å². The molecule has 2 aromatic carbocycles. The van der Waals surface area contributed by atoms with Gasteiger partial charge in [-0.15, -0.1) is 0 Å². The molecular weight excluding hydrogens is 364 g/mol. The molecule has 2 aromatic rings. The number of carbonyl (C=O) groups is 2. The monoisotopic (exact) mass is 387 g/mol. The third kappa shape index (κ3) is 4.92. The van der Waals surface area contributed by atoms with Crippen LogP contribution in [0.5, 0.6) is 0 Å². The number of nitrogens with zero attached hydrogens (tertiary/aromatic N) is 1. The van der Waals surface area contributed by atoms with Gasteiger partial charge in [-0.25, -0.2) is 8.78 Å². The average Bonchev–Trinajstić information content (AvgIpc) is 2.65. The van der Waals surface area contributed by atoms with Crippen molar-refractivity contribution in [2.24, 2.45) is 0 Å². The molecule has 0 bridgehead atoms. The van der Waals surface area contributed by atoms with Gasteiger partial charge in [-0.3, -0.25) is 14.5 Å². The minimum Gasteiger partial charge on any atom is -0.353 e. The standard InChI is InChI=1S/C21H23F2N3O2/c1-14-4-2-3-5-16(14)13-26-9-8-24-21(28)19(26)11-20(27)25-12-15-6-7-17(22)10-18(15)23/h2-7,10,19H,8-9,11-13H2,1H3,(H,24,28)(H,25,27)/t19-/m1/s1. The van der Waals surface area contributed by atoms with Gasteiger partial charge >= 0.3 is 0 Å². The van der Waals surface area contributed by atoms with Crippen LogP contribution >= 0.6 is 0 Å². The molecule has 0 spiro atoms. The van der Waals surface area contributed by atoms with Crippen LogP contribution in [0.2, 0.25) is 0 Å². The minimum absolute atomic E-state index is 0.0273. The van der Waals surface area contributed by atoms with E-state index in [1.165, 1.54) is 6.07 Å². The van der Waals surface area contributed by atoms with Crippen LogP contribution in [0.25, 0.3) is 0 Å². The third-order valence-electron chi connectivity index (χ3n) is 4.95. The molecule has 1 atom stereocenters. The fourth-order valence-corrected chi connectivity index (χ4v) is 3.29. The molecule has 0 aromatic heterocycles. The summed E-state index contributed by atoms with van der Waals surface area (Å²) in [6, 6.07) is 10.6. The van der Waals surface area contributed by atoms with Crippen molar-refractivity contribution in [3.8, 4) is 0 Å². The smallest absolute Gasteiger partial charge is 0.237 e. The van der Waals surface area contributed by atoms with Crippen molar-refractivity contribution < 1.29 is 18.4 Å². The lowest BCUT2D eigenvalue weighted by molar-refractivity contribution is -0.134. The molecule has 0 radical (unpaired) electrons. The van der Waals surface area contributed by atoms with Gasteiger partial charge in [0, 0.05) is 37.8 Å². The molecule has 2 amide bonds. The molecule has 5 nitrogen and oxygen atoms in total. The number of aryl methyl sites for hydroxylation is 1. The molecule has 0 aliphatic carbocycles. The molecule has 1 heterocycles. The Morgan fingerprint density at radius 1 is 1.21 bits per heavy atom. The van der Waals surface area contributed by atoms with E-state index in [1.807, 2.05) is 36.1 Å². The second-order valence-electron chi connectivity index (χ2n) is 6.92. The van der Waals surface area contributed by atoms with Crippen molar-refractivity contribution in [3.63, 3.8) is 0 Å². The highest BCUT2D eigenvalue weighted by atomic mass is 19.1. The molecule has 2 N–H and O–H groups in total. The van der Waals surface area contributed by atoms with Gasteiger partial charge in [0.05, 0.1) is 12.5 Å². The largest absolute Gasteiger partial charge is 0.353 e. The van der Waals surface area contributed by atoms with Crippen LogP contribution in [0, 0.1) is 18.6 Å². The van der Waals surface area contributed by atoms with Crippen molar-refractivity contribution in [1.82, 2.24) is 15.5 Å². The fourth-order valence-electron chi connectivity index (χ4n) is 3.29. The lowest BCUT2D eigenvalue weighted by atomic mass is 10.0. The summed E-state index contributed by atoms with van der Waals surface area (Å²) in [7, 11) is 0. The quantitative estimate of drug-likeness (QED) is 0.800. The van der Waals surface area contributed by atoms with Crippen molar-refractivity contribution in [1.29, 1.82) is 0 Å². The van der Waals surface area contributed by atoms with Gasteiger partial charge < -0.3 is 10.6 Å². The Morgan fingerprint density at radius 2 is 2.00 bits per heavy atom. The van der Waals surface area contributed by atoms with E-state index in [1.54, 1.807) is 0 Å². The second-order valence-corrected chi connectivity index (χ2v) is 6.92. The summed E-state index contributed by atoms with van der Waals surface area (Å²) in [5.41, 5.74) is 2.43. The van der Waals surface area contributed by atoms with Crippen molar-refractivity contribution in [3.05, 3.63) is 70.8 Å². The van der Waals surface area contributed by atoms with E-state index < -0.39 is 17.7 Å². The van der Waals surface area contributed by atoms with Gasteiger partial charge in [0.1, 0.15) is 11.6 Å². The van der Waals surface area contributed by atoms with E-state index >= 15 is 0 Å². The van der Waals surface area contributed by atoms with Gasteiger partial charge in [-0.1, -0.05) is 30.3 Å². The lowest BCUT2D eigenvalue weighted by Gasteiger charge is -2.35. The Labute approximate surface area is 162 Å². The minimum atomic E-state index is -0.711. The highest BCUT2D eigenvalue weighted by Gasteiger charge is 2.31. The van der Waals surface area contributed by atoms with E-state index in [0.29, 0.717) is 19.6 Å². The number of carbonyl (C=O) groups excluding carboxylic acids is 2. The van der Waals surface area contributed by atoms with Crippen molar-refractivity contribution >= 4 is 11.8 Å². The van der Waals surface area contributed by atoms with E-state index in [0.717, 1.165) is 23.3 Å². The maximum atomic E-state index is 13.7. The number of hydrogen-bond acceptors (Lipinski definition) is 3. The van der Waals surface area contributed by atoms with Crippen LogP contribution in [-0.4, -0.2) is 35.8 Å². The zero-order valence-corrected chi connectivity index (χ0v) is 15.7. The van der Waals surface area contributed by atoms with Gasteiger partial charge in [0.15, 0.2) is 0 Å². The first kappa shape index (κ1) is 19.9. The Morgan fingerprint density at radius 3 is 2.75 bits per heavy atom. The number of benzene rings is 2. The molecule has 148 valence electrons. The SMILES string of the molecule is Cc1ccccc1CN1CCNC(=O)[C@H]1CC(=O)NCc1ccc(F)cc1F. The topological polar surface area (TPSA) is 61.4 Å². The third-order valence-corrected chi connectivity index (χ3v) is 4.95. The first-order valence-electron chi connectivity index (χ1n) is 9.21. The highest BCUT2D eigenvalue weighted by molar-refractivity contribution is 5.88. The summed E-state index contributed by atoms with van der Waals surface area (Å²) in [6.07, 6.45) is -0.0273.